The highest BCUT2D eigenvalue weighted by molar-refractivity contribution is 5.35. The number of hydrazine groups is 1. The number of fused-ring (bicyclic) bond motifs is 1. The number of nitrogens with two attached hydrogens (primary N) is 1. The van der Waals surface area contributed by atoms with E-state index in [2.05, 4.69) is 17.8 Å². The minimum atomic E-state index is 0.186. The van der Waals surface area contributed by atoms with Crippen LogP contribution >= 0.6 is 0 Å². The Kier molecular flexibility index (Phi) is 3.01. The normalized spacial score (nSPS) is 39.6. The van der Waals surface area contributed by atoms with Crippen molar-refractivity contribution in [2.45, 2.75) is 43.8 Å². The fourth-order valence-electron chi connectivity index (χ4n) is 3.64. The molecule has 2 aliphatic rings. The van der Waals surface area contributed by atoms with Gasteiger partial charge in [-0.25, -0.2) is 0 Å². The fraction of sp³-hybridized carbons (Fsp3) is 0.571. The molecule has 3 rings (SSSR count). The number of nitrogens with one attached hydrogen (secondary N) is 2. The van der Waals surface area contributed by atoms with E-state index in [-0.39, 0.29) is 6.04 Å². The van der Waals surface area contributed by atoms with Crippen LogP contribution in [0.5, 0.6) is 5.75 Å². The van der Waals surface area contributed by atoms with Crippen molar-refractivity contribution in [3.05, 3.63) is 29.8 Å². The lowest BCUT2D eigenvalue weighted by molar-refractivity contribution is 0.243. The van der Waals surface area contributed by atoms with E-state index >= 15 is 0 Å². The maximum Gasteiger partial charge on any atom is 0.119 e. The molecule has 5 atom stereocenters. The minimum Gasteiger partial charge on any atom is -0.508 e. The zero-order chi connectivity index (χ0) is 12.7. The molecule has 4 heteroatoms. The average Bonchev–Trinajstić information content (AvgIpc) is 2.72. The first kappa shape index (κ1) is 12.0. The predicted octanol–water partition coefficient (Wildman–Crippen LogP) is 1.08. The lowest BCUT2D eigenvalue weighted by Gasteiger charge is -2.37. The minimum absolute atomic E-state index is 0.186. The first-order valence-electron chi connectivity index (χ1n) is 6.71. The molecular weight excluding hydrogens is 226 g/mol. The Bertz CT molecular complexity index is 437. The van der Waals surface area contributed by atoms with Crippen molar-refractivity contribution < 1.29 is 5.11 Å². The molecule has 98 valence electrons. The summed E-state index contributed by atoms with van der Waals surface area (Å²) in [7, 11) is 0. The number of aromatic hydroxyl groups is 1. The highest BCUT2D eigenvalue weighted by Crippen LogP contribution is 2.40. The number of phenols is 1. The largest absolute Gasteiger partial charge is 0.508 e. The van der Waals surface area contributed by atoms with Gasteiger partial charge in [-0.2, -0.15) is 0 Å². The number of para-hydroxylation sites is 1. The van der Waals surface area contributed by atoms with Crippen molar-refractivity contribution in [2.75, 3.05) is 0 Å². The second kappa shape index (κ2) is 4.53. The van der Waals surface area contributed by atoms with Crippen molar-refractivity contribution in [1.82, 2.24) is 10.9 Å². The zero-order valence-corrected chi connectivity index (χ0v) is 10.6. The van der Waals surface area contributed by atoms with Crippen molar-refractivity contribution >= 4 is 0 Å². The van der Waals surface area contributed by atoms with Crippen molar-refractivity contribution in [2.24, 2.45) is 11.7 Å². The SMILES string of the molecule is CC1NNC2CC(c3ccccc3O)CC(N)C12. The molecular formula is C14H21N3O. The Morgan fingerprint density at radius 2 is 2.00 bits per heavy atom. The van der Waals surface area contributed by atoms with Crippen LogP contribution in [0.4, 0.5) is 0 Å². The maximum absolute atomic E-state index is 9.96. The standard InChI is InChI=1S/C14H21N3O/c1-8-14-11(15)6-9(7-12(14)17-16-8)10-4-2-3-5-13(10)18/h2-5,8-9,11-12,14,16-18H,6-7,15H2,1H3. The molecule has 18 heavy (non-hydrogen) atoms. The lowest BCUT2D eigenvalue weighted by atomic mass is 9.71. The Labute approximate surface area is 108 Å². The van der Waals surface area contributed by atoms with Crippen LogP contribution in [0.2, 0.25) is 0 Å². The smallest absolute Gasteiger partial charge is 0.119 e. The van der Waals surface area contributed by atoms with E-state index < -0.39 is 0 Å². The van der Waals surface area contributed by atoms with Gasteiger partial charge in [-0.05, 0) is 37.3 Å². The van der Waals surface area contributed by atoms with Gasteiger partial charge in [-0.1, -0.05) is 18.2 Å². The second-order valence-electron chi connectivity index (χ2n) is 5.65. The third-order valence-corrected chi connectivity index (χ3v) is 4.50. The van der Waals surface area contributed by atoms with E-state index in [4.69, 9.17) is 5.73 Å². The molecule has 1 aromatic rings. The summed E-state index contributed by atoms with van der Waals surface area (Å²) in [4.78, 5) is 0. The molecule has 0 amide bonds. The number of benzene rings is 1. The Morgan fingerprint density at radius 3 is 2.78 bits per heavy atom. The van der Waals surface area contributed by atoms with Gasteiger partial charge in [0.2, 0.25) is 0 Å². The predicted molar refractivity (Wildman–Crippen MR) is 71.1 cm³/mol. The average molecular weight is 247 g/mol. The monoisotopic (exact) mass is 247 g/mol. The van der Waals surface area contributed by atoms with Crippen molar-refractivity contribution in [3.63, 3.8) is 0 Å². The van der Waals surface area contributed by atoms with E-state index in [1.807, 2.05) is 18.2 Å². The van der Waals surface area contributed by atoms with Crippen LogP contribution in [0.25, 0.3) is 0 Å². The van der Waals surface area contributed by atoms with E-state index in [0.29, 0.717) is 29.7 Å². The topological polar surface area (TPSA) is 70.3 Å². The van der Waals surface area contributed by atoms with Gasteiger partial charge in [0.1, 0.15) is 5.75 Å². The molecule has 5 unspecified atom stereocenters. The summed E-state index contributed by atoms with van der Waals surface area (Å²) in [5.41, 5.74) is 14.0. The highest BCUT2D eigenvalue weighted by atomic mass is 16.3. The van der Waals surface area contributed by atoms with Crippen LogP contribution in [0, 0.1) is 5.92 Å². The molecule has 1 aliphatic heterocycles. The van der Waals surface area contributed by atoms with Gasteiger partial charge in [-0.3, -0.25) is 10.9 Å². The summed E-state index contributed by atoms with van der Waals surface area (Å²) in [6, 6.07) is 8.64. The van der Waals surface area contributed by atoms with Crippen LogP contribution in [0.3, 0.4) is 0 Å². The summed E-state index contributed by atoms with van der Waals surface area (Å²) >= 11 is 0. The molecule has 1 aromatic carbocycles. The molecule has 0 aromatic heterocycles. The Morgan fingerprint density at radius 1 is 1.22 bits per heavy atom. The lowest BCUT2D eigenvalue weighted by Crippen LogP contribution is -2.47. The maximum atomic E-state index is 9.96. The van der Waals surface area contributed by atoms with Gasteiger partial charge in [0.15, 0.2) is 0 Å². The summed E-state index contributed by atoms with van der Waals surface area (Å²) in [5.74, 6) is 1.24. The number of rotatable bonds is 1. The molecule has 2 fully saturated rings. The van der Waals surface area contributed by atoms with E-state index in [0.717, 1.165) is 18.4 Å². The Hall–Kier alpha value is -1.10. The molecule has 0 radical (unpaired) electrons. The molecule has 0 bridgehead atoms. The molecule has 1 saturated carbocycles. The van der Waals surface area contributed by atoms with E-state index in [9.17, 15) is 5.11 Å². The molecule has 4 nitrogen and oxygen atoms in total. The van der Waals surface area contributed by atoms with Crippen LogP contribution in [-0.2, 0) is 0 Å². The van der Waals surface area contributed by atoms with Crippen LogP contribution in [0.1, 0.15) is 31.2 Å². The van der Waals surface area contributed by atoms with Crippen LogP contribution in [0.15, 0.2) is 24.3 Å². The highest BCUT2D eigenvalue weighted by Gasteiger charge is 2.43. The number of hydrogen-bond donors (Lipinski definition) is 4. The second-order valence-corrected chi connectivity index (χ2v) is 5.65. The van der Waals surface area contributed by atoms with Gasteiger partial charge in [0.05, 0.1) is 0 Å². The summed E-state index contributed by atoms with van der Waals surface area (Å²) in [6.45, 7) is 2.18. The van der Waals surface area contributed by atoms with Crippen molar-refractivity contribution in [1.29, 1.82) is 0 Å². The zero-order valence-electron chi connectivity index (χ0n) is 10.6. The number of phenolic OH excluding ortho intramolecular Hbond substituents is 1. The van der Waals surface area contributed by atoms with E-state index in [1.54, 1.807) is 6.07 Å². The van der Waals surface area contributed by atoms with Crippen LogP contribution < -0.4 is 16.6 Å². The van der Waals surface area contributed by atoms with Crippen molar-refractivity contribution in [3.8, 4) is 5.75 Å². The molecule has 1 saturated heterocycles. The van der Waals surface area contributed by atoms with Gasteiger partial charge in [0.25, 0.3) is 0 Å². The van der Waals surface area contributed by atoms with Gasteiger partial charge in [0, 0.05) is 24.0 Å². The first-order chi connectivity index (χ1) is 8.66. The third kappa shape index (κ3) is 1.90. The van der Waals surface area contributed by atoms with Gasteiger partial charge < -0.3 is 10.8 Å². The fourth-order valence-corrected chi connectivity index (χ4v) is 3.64. The molecule has 1 heterocycles. The number of hydrogen-bond acceptors (Lipinski definition) is 4. The van der Waals surface area contributed by atoms with E-state index in [1.165, 1.54) is 0 Å². The Balaban J connectivity index is 1.83. The van der Waals surface area contributed by atoms with Gasteiger partial charge >= 0.3 is 0 Å². The molecule has 0 spiro atoms. The summed E-state index contributed by atoms with van der Waals surface area (Å²) in [5, 5.41) is 9.96. The molecule has 1 aliphatic carbocycles. The third-order valence-electron chi connectivity index (χ3n) is 4.50. The quantitative estimate of drug-likeness (QED) is 0.599. The first-order valence-corrected chi connectivity index (χ1v) is 6.71. The summed E-state index contributed by atoms with van der Waals surface area (Å²) in [6.07, 6.45) is 1.99. The van der Waals surface area contributed by atoms with Crippen LogP contribution in [-0.4, -0.2) is 23.2 Å². The summed E-state index contributed by atoms with van der Waals surface area (Å²) < 4.78 is 0. The molecule has 5 N–H and O–H groups in total. The van der Waals surface area contributed by atoms with Gasteiger partial charge in [-0.15, -0.1) is 0 Å².